The first-order valence-corrected chi connectivity index (χ1v) is 9.58. The lowest BCUT2D eigenvalue weighted by atomic mass is 10.1. The van der Waals surface area contributed by atoms with E-state index < -0.39 is 15.7 Å². The third-order valence-corrected chi connectivity index (χ3v) is 4.76. The zero-order valence-electron chi connectivity index (χ0n) is 14.9. The summed E-state index contributed by atoms with van der Waals surface area (Å²) in [6.07, 6.45) is 1.08. The maximum Gasteiger partial charge on any atom is 0.256 e. The smallest absolute Gasteiger partial charge is 0.256 e. The molecule has 0 aromatic heterocycles. The van der Waals surface area contributed by atoms with Crippen molar-refractivity contribution in [3.63, 3.8) is 0 Å². The lowest BCUT2D eigenvalue weighted by Gasteiger charge is -2.14. The fourth-order valence-corrected chi connectivity index (χ4v) is 3.00. The Morgan fingerprint density at radius 2 is 1.73 bits per heavy atom. The Morgan fingerprint density at radius 3 is 2.31 bits per heavy atom. The van der Waals surface area contributed by atoms with Gasteiger partial charge in [0.1, 0.15) is 5.75 Å². The minimum absolute atomic E-state index is 0.0622. The van der Waals surface area contributed by atoms with Crippen molar-refractivity contribution in [2.75, 3.05) is 24.0 Å². The summed E-state index contributed by atoms with van der Waals surface area (Å²) in [7, 11) is -1.98. The van der Waals surface area contributed by atoms with Crippen LogP contribution in [0.25, 0.3) is 0 Å². The van der Waals surface area contributed by atoms with Crippen LogP contribution in [-0.2, 0) is 14.6 Å². The average molecular weight is 376 g/mol. The first-order valence-electron chi connectivity index (χ1n) is 7.69. The van der Waals surface area contributed by atoms with Gasteiger partial charge in [0.05, 0.1) is 17.7 Å². The zero-order chi connectivity index (χ0) is 19.5. The standard InChI is InChI=1S/C18H20N2O5S/c1-11-5-7-14(26(4,23)24)10-15(11)18(22)20-16-9-13(19-12(2)21)6-8-17(16)25-3/h5-10H,1-4H3,(H,19,21)(H,20,22). The van der Waals surface area contributed by atoms with Gasteiger partial charge in [-0.1, -0.05) is 6.07 Å². The van der Waals surface area contributed by atoms with Crippen molar-refractivity contribution < 1.29 is 22.7 Å². The van der Waals surface area contributed by atoms with Crippen LogP contribution in [0.1, 0.15) is 22.8 Å². The van der Waals surface area contributed by atoms with Gasteiger partial charge in [-0.25, -0.2) is 8.42 Å². The van der Waals surface area contributed by atoms with Gasteiger partial charge in [-0.2, -0.15) is 0 Å². The average Bonchev–Trinajstić information content (AvgIpc) is 2.53. The lowest BCUT2D eigenvalue weighted by Crippen LogP contribution is -2.15. The Bertz CT molecular complexity index is 968. The van der Waals surface area contributed by atoms with Gasteiger partial charge >= 0.3 is 0 Å². The molecule has 0 aliphatic carbocycles. The maximum absolute atomic E-state index is 12.7. The number of benzene rings is 2. The summed E-state index contributed by atoms with van der Waals surface area (Å²) in [6.45, 7) is 3.09. The largest absolute Gasteiger partial charge is 0.495 e. The van der Waals surface area contributed by atoms with E-state index in [1.54, 1.807) is 31.2 Å². The van der Waals surface area contributed by atoms with Gasteiger partial charge in [0.25, 0.3) is 5.91 Å². The molecule has 0 bridgehead atoms. The normalized spacial score (nSPS) is 10.9. The first kappa shape index (κ1) is 19.5. The van der Waals surface area contributed by atoms with Gasteiger partial charge in [-0.05, 0) is 42.8 Å². The van der Waals surface area contributed by atoms with E-state index in [0.29, 0.717) is 22.7 Å². The van der Waals surface area contributed by atoms with Gasteiger partial charge in [0, 0.05) is 24.4 Å². The molecule has 2 rings (SSSR count). The lowest BCUT2D eigenvalue weighted by molar-refractivity contribution is -0.114. The van der Waals surface area contributed by atoms with Crippen molar-refractivity contribution in [2.24, 2.45) is 0 Å². The number of hydrogen-bond donors (Lipinski definition) is 2. The highest BCUT2D eigenvalue weighted by Gasteiger charge is 2.16. The molecule has 2 N–H and O–H groups in total. The van der Waals surface area contributed by atoms with Crippen LogP contribution >= 0.6 is 0 Å². The summed E-state index contributed by atoms with van der Waals surface area (Å²) in [5.74, 6) is -0.320. The molecule has 0 aliphatic rings. The molecule has 0 radical (unpaired) electrons. The SMILES string of the molecule is COc1ccc(NC(C)=O)cc1NC(=O)c1cc(S(C)(=O)=O)ccc1C. The van der Waals surface area contributed by atoms with Gasteiger partial charge in [-0.3, -0.25) is 9.59 Å². The number of sulfone groups is 1. The van der Waals surface area contributed by atoms with Crippen LogP contribution in [0.15, 0.2) is 41.3 Å². The van der Waals surface area contributed by atoms with Crippen LogP contribution in [0.2, 0.25) is 0 Å². The molecule has 2 amide bonds. The predicted octanol–water partition coefficient (Wildman–Crippen LogP) is 2.62. The number of anilines is 2. The number of carbonyl (C=O) groups is 2. The van der Waals surface area contributed by atoms with Crippen molar-refractivity contribution in [3.05, 3.63) is 47.5 Å². The second-order valence-electron chi connectivity index (χ2n) is 5.80. The van der Waals surface area contributed by atoms with Crippen LogP contribution in [0.3, 0.4) is 0 Å². The molecule has 0 fully saturated rings. The Labute approximate surface area is 152 Å². The van der Waals surface area contributed by atoms with E-state index in [2.05, 4.69) is 10.6 Å². The second kappa shape index (κ2) is 7.57. The Morgan fingerprint density at radius 1 is 1.04 bits per heavy atom. The first-order chi connectivity index (χ1) is 12.1. The summed E-state index contributed by atoms with van der Waals surface area (Å²) < 4.78 is 28.7. The summed E-state index contributed by atoms with van der Waals surface area (Å²) in [5.41, 5.74) is 1.72. The monoisotopic (exact) mass is 376 g/mol. The highest BCUT2D eigenvalue weighted by atomic mass is 32.2. The third kappa shape index (κ3) is 4.60. The van der Waals surface area contributed by atoms with Crippen LogP contribution in [0, 0.1) is 6.92 Å². The topological polar surface area (TPSA) is 102 Å². The number of rotatable bonds is 5. The molecule has 7 nitrogen and oxygen atoms in total. The second-order valence-corrected chi connectivity index (χ2v) is 7.82. The van der Waals surface area contributed by atoms with Crippen molar-refractivity contribution in [1.29, 1.82) is 0 Å². The van der Waals surface area contributed by atoms with Crippen molar-refractivity contribution >= 4 is 33.0 Å². The summed E-state index contributed by atoms with van der Waals surface area (Å²) in [4.78, 5) is 23.9. The number of aryl methyl sites for hydroxylation is 1. The molecule has 0 heterocycles. The van der Waals surface area contributed by atoms with E-state index >= 15 is 0 Å². The molecule has 8 heteroatoms. The quantitative estimate of drug-likeness (QED) is 0.835. The maximum atomic E-state index is 12.7. The predicted molar refractivity (Wildman–Crippen MR) is 99.5 cm³/mol. The molecule has 0 saturated carbocycles. The molecular weight excluding hydrogens is 356 g/mol. The van der Waals surface area contributed by atoms with Crippen molar-refractivity contribution in [1.82, 2.24) is 0 Å². The molecule has 2 aromatic carbocycles. The fraction of sp³-hybridized carbons (Fsp3) is 0.222. The summed E-state index contributed by atoms with van der Waals surface area (Å²) in [6, 6.07) is 9.19. The van der Waals surface area contributed by atoms with Crippen LogP contribution < -0.4 is 15.4 Å². The Balaban J connectivity index is 2.39. The molecule has 0 spiro atoms. The molecule has 0 atom stereocenters. The van der Waals surface area contributed by atoms with Gasteiger partial charge in [0.15, 0.2) is 9.84 Å². The number of carbonyl (C=O) groups excluding carboxylic acids is 2. The van der Waals surface area contributed by atoms with Gasteiger partial charge in [0.2, 0.25) is 5.91 Å². The Kier molecular flexibility index (Phi) is 5.66. The fourth-order valence-electron chi connectivity index (χ4n) is 2.35. The summed E-state index contributed by atoms with van der Waals surface area (Å²) in [5, 5.41) is 5.33. The van der Waals surface area contributed by atoms with Gasteiger partial charge in [-0.15, -0.1) is 0 Å². The number of methoxy groups -OCH3 is 1. The third-order valence-electron chi connectivity index (χ3n) is 3.65. The number of nitrogens with one attached hydrogen (secondary N) is 2. The van der Waals surface area contributed by atoms with Gasteiger partial charge < -0.3 is 15.4 Å². The van der Waals surface area contributed by atoms with Crippen molar-refractivity contribution in [2.45, 2.75) is 18.7 Å². The molecule has 138 valence electrons. The van der Waals surface area contributed by atoms with E-state index in [-0.39, 0.29) is 16.4 Å². The number of amides is 2. The highest BCUT2D eigenvalue weighted by Crippen LogP contribution is 2.29. The van der Waals surface area contributed by atoms with E-state index in [9.17, 15) is 18.0 Å². The van der Waals surface area contributed by atoms with E-state index in [1.807, 2.05) is 0 Å². The van der Waals surface area contributed by atoms with Crippen LogP contribution in [0.5, 0.6) is 5.75 Å². The van der Waals surface area contributed by atoms with E-state index in [0.717, 1.165) is 6.26 Å². The van der Waals surface area contributed by atoms with E-state index in [1.165, 1.54) is 26.2 Å². The minimum atomic E-state index is -3.43. The Hall–Kier alpha value is -2.87. The molecule has 2 aromatic rings. The van der Waals surface area contributed by atoms with Crippen LogP contribution in [-0.4, -0.2) is 33.6 Å². The van der Waals surface area contributed by atoms with E-state index in [4.69, 9.17) is 4.74 Å². The minimum Gasteiger partial charge on any atom is -0.495 e. The zero-order valence-corrected chi connectivity index (χ0v) is 15.7. The molecule has 0 saturated heterocycles. The molecule has 0 aliphatic heterocycles. The molecule has 26 heavy (non-hydrogen) atoms. The van der Waals surface area contributed by atoms with Crippen LogP contribution in [0.4, 0.5) is 11.4 Å². The number of ether oxygens (including phenoxy) is 1. The highest BCUT2D eigenvalue weighted by molar-refractivity contribution is 7.90. The number of hydrogen-bond acceptors (Lipinski definition) is 5. The molecular formula is C18H20N2O5S. The van der Waals surface area contributed by atoms with Crippen molar-refractivity contribution in [3.8, 4) is 5.75 Å². The molecule has 0 unspecified atom stereocenters. The summed E-state index contributed by atoms with van der Waals surface area (Å²) >= 11 is 0.